The topological polar surface area (TPSA) is 50.9 Å². The zero-order valence-electron chi connectivity index (χ0n) is 42.1. The average molecular weight is 833 g/mol. The van der Waals surface area contributed by atoms with Crippen LogP contribution in [0.15, 0.2) is 140 Å². The lowest BCUT2D eigenvalue weighted by Crippen LogP contribution is -2.17. The summed E-state index contributed by atoms with van der Waals surface area (Å²) < 4.78 is 28.7. The highest BCUT2D eigenvalue weighted by Crippen LogP contribution is 2.45. The summed E-state index contributed by atoms with van der Waals surface area (Å²) in [5.41, 5.74) is 13.9. The van der Waals surface area contributed by atoms with Crippen molar-refractivity contribution in [2.75, 3.05) is 0 Å². The molecule has 8 rings (SSSR count). The Labute approximate surface area is 380 Å². The van der Waals surface area contributed by atoms with Crippen LogP contribution in [-0.2, 0) is 21.7 Å². The van der Waals surface area contributed by atoms with Crippen LogP contribution in [0.25, 0.3) is 72.7 Å². The van der Waals surface area contributed by atoms with Gasteiger partial charge in [-0.3, -0.25) is 9.55 Å². The summed E-state index contributed by atoms with van der Waals surface area (Å²) in [6.07, 6.45) is 1.89. The van der Waals surface area contributed by atoms with Crippen molar-refractivity contribution in [3.05, 3.63) is 167 Å². The van der Waals surface area contributed by atoms with Crippen LogP contribution in [0.3, 0.4) is 0 Å². The number of aryl methyl sites for hydroxylation is 1. The second-order valence-corrected chi connectivity index (χ2v) is 21.3. The van der Waals surface area contributed by atoms with Crippen LogP contribution in [0.4, 0.5) is 0 Å². The van der Waals surface area contributed by atoms with E-state index in [9.17, 15) is 5.11 Å². The molecule has 0 radical (unpaired) electrons. The van der Waals surface area contributed by atoms with Crippen molar-refractivity contribution in [1.29, 1.82) is 0 Å². The smallest absolute Gasteiger partial charge is 0.149 e. The number of aromatic nitrogens is 3. The van der Waals surface area contributed by atoms with E-state index >= 15 is 0 Å². The average Bonchev–Trinajstić information content (AvgIpc) is 3.64. The van der Waals surface area contributed by atoms with Gasteiger partial charge >= 0.3 is 0 Å². The fraction of sp³-hybridized carbons (Fsp3) is 0.288. The van der Waals surface area contributed by atoms with E-state index in [0.717, 1.165) is 61.3 Å². The zero-order valence-corrected chi connectivity index (χ0v) is 39.1. The number of nitrogens with zero attached hydrogens (tertiary/aromatic N) is 3. The summed E-state index contributed by atoms with van der Waals surface area (Å²) in [4.78, 5) is 10.4. The van der Waals surface area contributed by atoms with E-state index in [4.69, 9.17) is 14.1 Å². The van der Waals surface area contributed by atoms with Crippen molar-refractivity contribution in [2.24, 2.45) is 0 Å². The first-order chi connectivity index (χ1) is 30.8. The van der Waals surface area contributed by atoms with Gasteiger partial charge in [0.1, 0.15) is 11.6 Å². The Kier molecular flexibility index (Phi) is 9.94. The molecule has 4 nitrogen and oxygen atoms in total. The van der Waals surface area contributed by atoms with Gasteiger partial charge in [-0.15, -0.1) is 0 Å². The largest absolute Gasteiger partial charge is 0.507 e. The summed E-state index contributed by atoms with van der Waals surface area (Å²) in [6.45, 7) is 23.9. The fourth-order valence-corrected chi connectivity index (χ4v) is 8.38. The van der Waals surface area contributed by atoms with Gasteiger partial charge in [0, 0.05) is 27.0 Å². The molecule has 0 amide bonds. The van der Waals surface area contributed by atoms with Gasteiger partial charge in [0.25, 0.3) is 0 Å². The van der Waals surface area contributed by atoms with Crippen LogP contribution in [-0.4, -0.2) is 19.6 Å². The van der Waals surface area contributed by atoms with E-state index in [2.05, 4.69) is 150 Å². The number of para-hydroxylation sites is 1. The third-order valence-electron chi connectivity index (χ3n) is 12.3. The Morgan fingerprint density at radius 2 is 1.11 bits per heavy atom. The molecule has 8 aromatic rings. The van der Waals surface area contributed by atoms with E-state index in [1.807, 2.05) is 71.4 Å². The summed E-state index contributed by atoms with van der Waals surface area (Å²) >= 11 is 0. The van der Waals surface area contributed by atoms with Gasteiger partial charge in [-0.1, -0.05) is 174 Å². The fourth-order valence-electron chi connectivity index (χ4n) is 8.38. The Balaban J connectivity index is 1.36. The summed E-state index contributed by atoms with van der Waals surface area (Å²) in [6, 6.07) is 45.3. The molecule has 0 spiro atoms. The van der Waals surface area contributed by atoms with Crippen LogP contribution in [0.5, 0.6) is 5.75 Å². The van der Waals surface area contributed by atoms with Crippen LogP contribution in [0, 0.1) is 6.85 Å². The van der Waals surface area contributed by atoms with E-state index < -0.39 is 12.3 Å². The number of pyridine rings is 1. The number of phenolic OH excluding ortho intramolecular Hbond substituents is 1. The summed E-state index contributed by atoms with van der Waals surface area (Å²) in [7, 11) is 0. The van der Waals surface area contributed by atoms with Gasteiger partial charge in [-0.2, -0.15) is 0 Å². The number of rotatable bonds is 6. The Bertz CT molecular complexity index is 3080. The van der Waals surface area contributed by atoms with Crippen LogP contribution in [0.2, 0.25) is 0 Å². The van der Waals surface area contributed by atoms with Gasteiger partial charge < -0.3 is 5.11 Å². The number of imidazole rings is 1. The molecule has 0 aliphatic carbocycles. The van der Waals surface area contributed by atoms with Crippen molar-refractivity contribution >= 4 is 11.0 Å². The molecule has 320 valence electrons. The van der Waals surface area contributed by atoms with Crippen molar-refractivity contribution in [3.63, 3.8) is 0 Å². The lowest BCUT2D eigenvalue weighted by molar-refractivity contribution is 0.446. The van der Waals surface area contributed by atoms with Gasteiger partial charge in [0.2, 0.25) is 0 Å². The number of hydrogen-bond donors (Lipinski definition) is 1. The number of fused-ring (bicyclic) bond motifs is 1. The highest BCUT2D eigenvalue weighted by Gasteiger charge is 2.29. The summed E-state index contributed by atoms with van der Waals surface area (Å²) in [5.74, 6) is 0.586. The minimum atomic E-state index is -2.48. The number of hydrogen-bond acceptors (Lipinski definition) is 3. The van der Waals surface area contributed by atoms with Crippen molar-refractivity contribution in [1.82, 2.24) is 14.5 Å². The molecule has 0 fully saturated rings. The number of benzene rings is 6. The molecule has 0 bridgehead atoms. The zero-order chi connectivity index (χ0) is 47.7. The second-order valence-electron chi connectivity index (χ2n) is 21.3. The molecule has 0 aliphatic heterocycles. The maximum absolute atomic E-state index is 12.4. The first-order valence-corrected chi connectivity index (χ1v) is 22.1. The standard InChI is InChI=1S/C59H63N3O/c1-37-29-39(38-19-15-14-16-20-38)25-26-51(37)62-52-24-18-23-47(53(52)61-55(62)48-35-46(58(8,9)10)36-49(54(48)63)59(11,12)13)41-21-17-22-42(30-41)50-33-40(27-28-60-50)43-31-44(56(2,3)4)34-45(32-43)57(5,6)7/h14-36,63H,1-13H3/i1D3. The molecule has 2 aromatic heterocycles. The molecule has 6 aromatic carbocycles. The number of aromatic hydroxyl groups is 1. The monoisotopic (exact) mass is 833 g/mol. The Morgan fingerprint density at radius 1 is 0.492 bits per heavy atom. The molecule has 1 N–H and O–H groups in total. The molecule has 0 atom stereocenters. The first-order valence-electron chi connectivity index (χ1n) is 23.6. The lowest BCUT2D eigenvalue weighted by Gasteiger charge is -2.27. The van der Waals surface area contributed by atoms with Gasteiger partial charge in [0.15, 0.2) is 0 Å². The van der Waals surface area contributed by atoms with Crippen molar-refractivity contribution in [2.45, 2.75) is 112 Å². The Hall–Kier alpha value is -6.26. The third kappa shape index (κ3) is 8.61. The predicted octanol–water partition coefficient (Wildman–Crippen LogP) is 16.0. The van der Waals surface area contributed by atoms with E-state index in [1.54, 1.807) is 6.07 Å². The third-order valence-corrected chi connectivity index (χ3v) is 12.3. The van der Waals surface area contributed by atoms with Crippen LogP contribution in [0.1, 0.15) is 115 Å². The van der Waals surface area contributed by atoms with Gasteiger partial charge in [-0.05, 0) is 121 Å². The maximum Gasteiger partial charge on any atom is 0.149 e. The predicted molar refractivity (Wildman–Crippen MR) is 267 cm³/mol. The molecular weight excluding hydrogens is 767 g/mol. The maximum atomic E-state index is 12.4. The van der Waals surface area contributed by atoms with Crippen molar-refractivity contribution < 1.29 is 9.22 Å². The first kappa shape index (κ1) is 39.6. The molecule has 0 unspecified atom stereocenters. The highest BCUT2D eigenvalue weighted by molar-refractivity contribution is 5.97. The van der Waals surface area contributed by atoms with E-state index in [1.165, 1.54) is 11.1 Å². The number of phenols is 1. The van der Waals surface area contributed by atoms with E-state index in [-0.39, 0.29) is 27.6 Å². The van der Waals surface area contributed by atoms with E-state index in [0.29, 0.717) is 22.6 Å². The summed E-state index contributed by atoms with van der Waals surface area (Å²) in [5, 5.41) is 12.4. The molecule has 63 heavy (non-hydrogen) atoms. The van der Waals surface area contributed by atoms with Gasteiger partial charge in [0.05, 0.1) is 28.0 Å². The molecule has 4 heteroatoms. The van der Waals surface area contributed by atoms with Gasteiger partial charge in [-0.25, -0.2) is 4.98 Å². The molecule has 0 saturated carbocycles. The minimum absolute atomic E-state index is 0.0169. The normalized spacial score (nSPS) is 13.5. The second kappa shape index (κ2) is 15.8. The quantitative estimate of drug-likeness (QED) is 0.182. The van der Waals surface area contributed by atoms with Crippen molar-refractivity contribution in [3.8, 4) is 67.5 Å². The molecular formula is C59H63N3O. The lowest BCUT2D eigenvalue weighted by atomic mass is 9.79. The SMILES string of the molecule is [2H]C([2H])([2H])c1cc(-c2ccccc2)ccc1-n1c(-c2cc(C(C)(C)C)cc(C(C)(C)C)c2O)nc2c(-c3cccc(-c4cc(-c5cc(C(C)(C)C)cc(C(C)(C)C)c5)ccn4)c3)cccc21. The Morgan fingerprint density at radius 3 is 1.76 bits per heavy atom. The molecule has 0 saturated heterocycles. The van der Waals surface area contributed by atoms with Crippen LogP contribution >= 0.6 is 0 Å². The molecule has 0 aliphatic rings. The molecule has 2 heterocycles. The van der Waals surface area contributed by atoms with Crippen LogP contribution < -0.4 is 0 Å². The highest BCUT2D eigenvalue weighted by atomic mass is 16.3. The minimum Gasteiger partial charge on any atom is -0.507 e.